The standard InChI is InChI=1S/C13H26N2O/c1-3-5-12-6-7-13(16)15(10-8-12)11-9-14-4-2/h12,14H,3-11H2,1-2H3. The Balaban J connectivity index is 2.32. The van der Waals surface area contributed by atoms with Crippen LogP contribution in [0, 0.1) is 5.92 Å². The van der Waals surface area contributed by atoms with Crippen LogP contribution in [0.3, 0.4) is 0 Å². The molecule has 1 aliphatic heterocycles. The summed E-state index contributed by atoms with van der Waals surface area (Å²) < 4.78 is 0. The van der Waals surface area contributed by atoms with Crippen LogP contribution in [0.25, 0.3) is 0 Å². The van der Waals surface area contributed by atoms with Crippen molar-refractivity contribution in [2.75, 3.05) is 26.2 Å². The van der Waals surface area contributed by atoms with E-state index in [2.05, 4.69) is 19.2 Å². The molecule has 0 aromatic rings. The van der Waals surface area contributed by atoms with E-state index in [1.165, 1.54) is 19.3 Å². The lowest BCUT2D eigenvalue weighted by Crippen LogP contribution is -2.36. The largest absolute Gasteiger partial charge is 0.341 e. The van der Waals surface area contributed by atoms with E-state index in [4.69, 9.17) is 0 Å². The number of likely N-dealkylation sites (tertiary alicyclic amines) is 1. The van der Waals surface area contributed by atoms with E-state index in [9.17, 15) is 4.79 Å². The fourth-order valence-electron chi connectivity index (χ4n) is 2.42. The quantitative estimate of drug-likeness (QED) is 0.703. The molecule has 0 saturated carbocycles. The Kier molecular flexibility index (Phi) is 6.46. The maximum atomic E-state index is 11.9. The van der Waals surface area contributed by atoms with Crippen LogP contribution in [-0.2, 0) is 4.79 Å². The van der Waals surface area contributed by atoms with Crippen molar-refractivity contribution in [3.63, 3.8) is 0 Å². The Morgan fingerprint density at radius 3 is 2.88 bits per heavy atom. The molecule has 1 unspecified atom stereocenters. The molecule has 1 atom stereocenters. The zero-order valence-corrected chi connectivity index (χ0v) is 10.8. The molecule has 1 N–H and O–H groups in total. The average molecular weight is 226 g/mol. The molecule has 0 radical (unpaired) electrons. The van der Waals surface area contributed by atoms with Gasteiger partial charge in [0.05, 0.1) is 0 Å². The number of hydrogen-bond acceptors (Lipinski definition) is 2. The maximum absolute atomic E-state index is 11.9. The number of amides is 1. The van der Waals surface area contributed by atoms with Crippen LogP contribution in [0.5, 0.6) is 0 Å². The van der Waals surface area contributed by atoms with Crippen molar-refractivity contribution in [2.45, 2.75) is 46.0 Å². The highest BCUT2D eigenvalue weighted by Crippen LogP contribution is 2.22. The minimum absolute atomic E-state index is 0.358. The molecule has 94 valence electrons. The molecule has 0 aliphatic carbocycles. The van der Waals surface area contributed by atoms with Crippen molar-refractivity contribution < 1.29 is 4.79 Å². The topological polar surface area (TPSA) is 32.3 Å². The van der Waals surface area contributed by atoms with Gasteiger partial charge in [-0.3, -0.25) is 4.79 Å². The van der Waals surface area contributed by atoms with E-state index in [1.54, 1.807) is 0 Å². The predicted molar refractivity (Wildman–Crippen MR) is 67.4 cm³/mol. The molecule has 1 saturated heterocycles. The third kappa shape index (κ3) is 4.52. The van der Waals surface area contributed by atoms with E-state index in [1.807, 2.05) is 4.90 Å². The van der Waals surface area contributed by atoms with Crippen molar-refractivity contribution in [3.05, 3.63) is 0 Å². The first kappa shape index (κ1) is 13.5. The maximum Gasteiger partial charge on any atom is 0.222 e. The lowest BCUT2D eigenvalue weighted by atomic mass is 9.96. The SMILES string of the molecule is CCCC1CCC(=O)N(CCNCC)CC1. The first-order valence-corrected chi connectivity index (χ1v) is 6.76. The molecule has 3 nitrogen and oxygen atoms in total. The fourth-order valence-corrected chi connectivity index (χ4v) is 2.42. The summed E-state index contributed by atoms with van der Waals surface area (Å²) in [5, 5.41) is 3.28. The number of hydrogen-bond donors (Lipinski definition) is 1. The van der Waals surface area contributed by atoms with Crippen molar-refractivity contribution in [3.8, 4) is 0 Å². The molecule has 0 bridgehead atoms. The second-order valence-corrected chi connectivity index (χ2v) is 4.72. The van der Waals surface area contributed by atoms with Gasteiger partial charge in [0.15, 0.2) is 0 Å². The lowest BCUT2D eigenvalue weighted by Gasteiger charge is -2.20. The van der Waals surface area contributed by atoms with Crippen LogP contribution in [0.4, 0.5) is 0 Å². The van der Waals surface area contributed by atoms with E-state index in [0.29, 0.717) is 5.91 Å². The van der Waals surface area contributed by atoms with Crippen molar-refractivity contribution >= 4 is 5.91 Å². The van der Waals surface area contributed by atoms with Crippen LogP contribution in [0.15, 0.2) is 0 Å². The molecule has 16 heavy (non-hydrogen) atoms. The zero-order chi connectivity index (χ0) is 11.8. The zero-order valence-electron chi connectivity index (χ0n) is 10.8. The third-order valence-corrected chi connectivity index (χ3v) is 3.43. The molecule has 1 rings (SSSR count). The van der Waals surface area contributed by atoms with Gasteiger partial charge in [0.25, 0.3) is 0 Å². The molecule has 3 heteroatoms. The Hall–Kier alpha value is -0.570. The summed E-state index contributed by atoms with van der Waals surface area (Å²) in [7, 11) is 0. The summed E-state index contributed by atoms with van der Waals surface area (Å²) in [5.74, 6) is 1.13. The molecule has 1 aliphatic rings. The molecular formula is C13H26N2O. The molecule has 0 aromatic heterocycles. The van der Waals surface area contributed by atoms with E-state index >= 15 is 0 Å². The van der Waals surface area contributed by atoms with Gasteiger partial charge in [-0.1, -0.05) is 26.7 Å². The summed E-state index contributed by atoms with van der Waals surface area (Å²) in [6, 6.07) is 0. The van der Waals surface area contributed by atoms with Gasteiger partial charge < -0.3 is 10.2 Å². The summed E-state index contributed by atoms with van der Waals surface area (Å²) in [6.45, 7) is 8.10. The second kappa shape index (κ2) is 7.66. The Morgan fingerprint density at radius 1 is 1.38 bits per heavy atom. The number of carbonyl (C=O) groups excluding carboxylic acids is 1. The molecule has 0 spiro atoms. The molecular weight excluding hydrogens is 200 g/mol. The second-order valence-electron chi connectivity index (χ2n) is 4.72. The highest BCUT2D eigenvalue weighted by molar-refractivity contribution is 5.76. The average Bonchev–Trinajstić information content (AvgIpc) is 2.45. The predicted octanol–water partition coefficient (Wildman–Crippen LogP) is 2.02. The third-order valence-electron chi connectivity index (χ3n) is 3.43. The van der Waals surface area contributed by atoms with Gasteiger partial charge in [0, 0.05) is 26.1 Å². The van der Waals surface area contributed by atoms with E-state index in [-0.39, 0.29) is 0 Å². The number of carbonyl (C=O) groups is 1. The number of nitrogens with one attached hydrogen (secondary N) is 1. The summed E-state index contributed by atoms with van der Waals surface area (Å²) >= 11 is 0. The van der Waals surface area contributed by atoms with Crippen molar-refractivity contribution in [2.24, 2.45) is 5.92 Å². The minimum atomic E-state index is 0.358. The van der Waals surface area contributed by atoms with Crippen LogP contribution in [0.1, 0.15) is 46.0 Å². The molecule has 1 fully saturated rings. The highest BCUT2D eigenvalue weighted by Gasteiger charge is 2.21. The smallest absolute Gasteiger partial charge is 0.222 e. The van der Waals surface area contributed by atoms with Crippen LogP contribution in [-0.4, -0.2) is 37.0 Å². The lowest BCUT2D eigenvalue weighted by molar-refractivity contribution is -0.130. The first-order chi connectivity index (χ1) is 7.77. The summed E-state index contributed by atoms with van der Waals surface area (Å²) in [6.07, 6.45) is 5.59. The molecule has 1 heterocycles. The number of likely N-dealkylation sites (N-methyl/N-ethyl adjacent to an activating group) is 1. The van der Waals surface area contributed by atoms with Crippen molar-refractivity contribution in [1.82, 2.24) is 10.2 Å². The van der Waals surface area contributed by atoms with E-state index in [0.717, 1.165) is 44.9 Å². The fraction of sp³-hybridized carbons (Fsp3) is 0.923. The Morgan fingerprint density at radius 2 is 2.19 bits per heavy atom. The van der Waals surface area contributed by atoms with Crippen molar-refractivity contribution in [1.29, 1.82) is 0 Å². The monoisotopic (exact) mass is 226 g/mol. The minimum Gasteiger partial charge on any atom is -0.341 e. The summed E-state index contributed by atoms with van der Waals surface area (Å²) in [4.78, 5) is 13.9. The van der Waals surface area contributed by atoms with Gasteiger partial charge in [0.1, 0.15) is 0 Å². The van der Waals surface area contributed by atoms with Crippen LogP contribution in [0.2, 0.25) is 0 Å². The van der Waals surface area contributed by atoms with E-state index < -0.39 is 0 Å². The van der Waals surface area contributed by atoms with Gasteiger partial charge in [-0.15, -0.1) is 0 Å². The molecule has 1 amide bonds. The number of nitrogens with zero attached hydrogens (tertiary/aromatic N) is 1. The van der Waals surface area contributed by atoms with Gasteiger partial charge in [0.2, 0.25) is 5.91 Å². The van der Waals surface area contributed by atoms with Crippen LogP contribution >= 0.6 is 0 Å². The summed E-state index contributed by atoms with van der Waals surface area (Å²) in [5.41, 5.74) is 0. The van der Waals surface area contributed by atoms with Crippen LogP contribution < -0.4 is 5.32 Å². The van der Waals surface area contributed by atoms with Gasteiger partial charge in [-0.2, -0.15) is 0 Å². The highest BCUT2D eigenvalue weighted by atomic mass is 16.2. The van der Waals surface area contributed by atoms with Gasteiger partial charge >= 0.3 is 0 Å². The Labute approximate surface area is 99.6 Å². The Bertz CT molecular complexity index is 206. The molecule has 0 aromatic carbocycles. The normalized spacial score (nSPS) is 22.2. The van der Waals surface area contributed by atoms with Gasteiger partial charge in [-0.05, 0) is 25.3 Å². The first-order valence-electron chi connectivity index (χ1n) is 6.76. The number of rotatable bonds is 6. The van der Waals surface area contributed by atoms with Gasteiger partial charge in [-0.25, -0.2) is 0 Å².